The van der Waals surface area contributed by atoms with E-state index in [1.54, 1.807) is 0 Å². The van der Waals surface area contributed by atoms with Crippen molar-refractivity contribution in [2.45, 2.75) is 12.6 Å². The van der Waals surface area contributed by atoms with Crippen molar-refractivity contribution < 1.29 is 22.0 Å². The van der Waals surface area contributed by atoms with Crippen LogP contribution in [0, 0.1) is 0 Å². The molecule has 0 aliphatic carbocycles. The van der Waals surface area contributed by atoms with E-state index in [-0.39, 0.29) is 0 Å². The average Bonchev–Trinajstić information content (AvgIpc) is 1.69. The highest BCUT2D eigenvalue weighted by Gasteiger charge is 2.40. The van der Waals surface area contributed by atoms with Crippen molar-refractivity contribution in [2.24, 2.45) is 11.7 Å². The fourth-order valence-corrected chi connectivity index (χ4v) is 0. The first-order valence-corrected chi connectivity index (χ1v) is 1.63. The Kier molecular flexibility index (Phi) is 5.62. The molecule has 0 aromatic carbocycles. The Morgan fingerprint density at radius 2 is 1.11 bits per heavy atom. The smallest absolute Gasteiger partial charge is 0.274 e. The maximum Gasteiger partial charge on any atom is 0.450 e. The van der Waals surface area contributed by atoms with Crippen LogP contribution in [0.3, 0.4) is 0 Å². The zero-order valence-corrected chi connectivity index (χ0v) is 4.12. The maximum absolute atomic E-state index is 10.4. The Labute approximate surface area is 47.6 Å². The van der Waals surface area contributed by atoms with Gasteiger partial charge in [-0.15, -0.1) is 0 Å². The van der Waals surface area contributed by atoms with Crippen molar-refractivity contribution in [1.82, 2.24) is 0 Å². The second-order valence-corrected chi connectivity index (χ2v) is 0.842. The first kappa shape index (κ1) is 11.4. The van der Waals surface area contributed by atoms with Crippen molar-refractivity contribution >= 4 is 0 Å². The van der Waals surface area contributed by atoms with Gasteiger partial charge in [-0.2, -0.15) is 13.2 Å². The molecule has 9 heavy (non-hydrogen) atoms. The van der Waals surface area contributed by atoms with E-state index in [9.17, 15) is 22.0 Å². The molecule has 0 amide bonds. The lowest BCUT2D eigenvalue weighted by Crippen LogP contribution is -2.18. The summed E-state index contributed by atoms with van der Waals surface area (Å²) in [5.41, 5.74) is 0. The Morgan fingerprint density at radius 1 is 1.00 bits per heavy atom. The second kappa shape index (κ2) is 4.45. The van der Waals surface area contributed by atoms with Gasteiger partial charge in [-0.3, -0.25) is 11.7 Å². The van der Waals surface area contributed by atoms with Crippen LogP contribution in [0.1, 0.15) is 0 Å². The normalized spacial score (nSPS) is 10.7. The molecule has 4 N–H and O–H groups in total. The van der Waals surface area contributed by atoms with Crippen molar-refractivity contribution in [3.8, 4) is 0 Å². The summed E-state index contributed by atoms with van der Waals surface area (Å²) in [6.07, 6.45) is -9.53. The summed E-state index contributed by atoms with van der Waals surface area (Å²) in [5.74, 6) is 8.00. The van der Waals surface area contributed by atoms with Gasteiger partial charge in [0.2, 0.25) is 0 Å². The summed E-state index contributed by atoms with van der Waals surface area (Å²) >= 11 is 0. The van der Waals surface area contributed by atoms with Crippen LogP contribution in [-0.4, -0.2) is 12.6 Å². The monoisotopic (exact) mass is 152 g/mol. The lowest BCUT2D eigenvalue weighted by Gasteiger charge is -2.00. The summed E-state index contributed by atoms with van der Waals surface area (Å²) in [6, 6.07) is 0. The van der Waals surface area contributed by atoms with Crippen LogP contribution in [0.2, 0.25) is 0 Å². The van der Waals surface area contributed by atoms with Gasteiger partial charge in [0.15, 0.2) is 0 Å². The highest BCUT2D eigenvalue weighted by atomic mass is 19.4. The number of rotatable bonds is 0. The minimum absolute atomic E-state index is 4.00. The van der Waals surface area contributed by atoms with Crippen molar-refractivity contribution in [3.63, 3.8) is 0 Å². The Hall–Kier alpha value is -0.430. The number of hydrogen-bond acceptors (Lipinski definition) is 2. The van der Waals surface area contributed by atoms with Crippen LogP contribution in [-0.2, 0) is 0 Å². The quantitative estimate of drug-likeness (QED) is 0.304. The third-order valence-electron chi connectivity index (χ3n) is 0.247. The van der Waals surface area contributed by atoms with E-state index >= 15 is 0 Å². The molecule has 0 bridgehead atoms. The predicted molar refractivity (Wildman–Crippen MR) is 20.4 cm³/mol. The molecule has 0 aromatic heterocycles. The maximum atomic E-state index is 10.4. The minimum atomic E-state index is -5.33. The van der Waals surface area contributed by atoms with Gasteiger partial charge in [-0.05, 0) is 0 Å². The summed E-state index contributed by atoms with van der Waals surface area (Å²) < 4.78 is 52.1. The fourth-order valence-electron chi connectivity index (χ4n) is 0. The van der Waals surface area contributed by atoms with Gasteiger partial charge < -0.3 is 0 Å². The average molecular weight is 152 g/mol. The molecule has 0 radical (unpaired) electrons. The van der Waals surface area contributed by atoms with E-state index in [1.807, 2.05) is 0 Å². The van der Waals surface area contributed by atoms with Crippen LogP contribution >= 0.6 is 0 Å². The van der Waals surface area contributed by atoms with E-state index in [0.717, 1.165) is 0 Å². The van der Waals surface area contributed by atoms with Crippen molar-refractivity contribution in [1.29, 1.82) is 0 Å². The molecule has 58 valence electrons. The highest BCUT2D eigenvalue weighted by Crippen LogP contribution is 2.22. The minimum Gasteiger partial charge on any atom is -0.274 e. The molecular formula is C2H5F5N2. The summed E-state index contributed by atoms with van der Waals surface area (Å²) in [7, 11) is 0. The molecule has 0 unspecified atom stereocenters. The third-order valence-corrected chi connectivity index (χ3v) is 0.247. The summed E-state index contributed by atoms with van der Waals surface area (Å²) in [6.45, 7) is 0. The van der Waals surface area contributed by atoms with Gasteiger partial charge in [0.05, 0.1) is 0 Å². The number of halogens is 5. The topological polar surface area (TPSA) is 52.0 Å². The first-order chi connectivity index (χ1) is 3.94. The van der Waals surface area contributed by atoms with Crippen LogP contribution < -0.4 is 11.7 Å². The lowest BCUT2D eigenvalue weighted by molar-refractivity contribution is -0.219. The van der Waals surface area contributed by atoms with Crippen LogP contribution in [0.4, 0.5) is 22.0 Å². The van der Waals surface area contributed by atoms with Gasteiger partial charge in [0.1, 0.15) is 0 Å². The number of alkyl halides is 5. The molecule has 0 rings (SSSR count). The molecule has 0 aliphatic rings. The molecule has 2 nitrogen and oxygen atoms in total. The molecule has 0 aliphatic heterocycles. The number of nitrogens with two attached hydrogens (primary N) is 2. The van der Waals surface area contributed by atoms with Crippen LogP contribution in [0.5, 0.6) is 0 Å². The van der Waals surface area contributed by atoms with Gasteiger partial charge in [0.25, 0.3) is 0 Å². The second-order valence-electron chi connectivity index (χ2n) is 0.842. The zero-order valence-electron chi connectivity index (χ0n) is 4.12. The molecular weight excluding hydrogens is 147 g/mol. The molecule has 0 saturated carbocycles. The zero-order chi connectivity index (χ0) is 8.08. The van der Waals surface area contributed by atoms with Crippen molar-refractivity contribution in [2.75, 3.05) is 0 Å². The predicted octanol–water partition coefficient (Wildman–Crippen LogP) is 0.633. The van der Waals surface area contributed by atoms with Gasteiger partial charge in [-0.1, -0.05) is 0 Å². The third kappa shape index (κ3) is 7.57. The van der Waals surface area contributed by atoms with E-state index in [2.05, 4.69) is 11.7 Å². The van der Waals surface area contributed by atoms with Gasteiger partial charge >= 0.3 is 12.6 Å². The van der Waals surface area contributed by atoms with Gasteiger partial charge in [0, 0.05) is 0 Å². The van der Waals surface area contributed by atoms with E-state index in [4.69, 9.17) is 0 Å². The van der Waals surface area contributed by atoms with E-state index in [0.29, 0.717) is 0 Å². The van der Waals surface area contributed by atoms with Crippen LogP contribution in [0.25, 0.3) is 0 Å². The molecule has 0 aromatic rings. The molecule has 0 fully saturated rings. The Bertz CT molecular complexity index is 58.5. The molecule has 0 atom stereocenters. The lowest BCUT2D eigenvalue weighted by atomic mass is 10.7. The Morgan fingerprint density at radius 3 is 1.11 bits per heavy atom. The van der Waals surface area contributed by atoms with Crippen molar-refractivity contribution in [3.05, 3.63) is 0 Å². The highest BCUT2D eigenvalue weighted by molar-refractivity contribution is 4.48. The fraction of sp³-hybridized carbons (Fsp3) is 1.00. The van der Waals surface area contributed by atoms with E-state index in [1.165, 1.54) is 0 Å². The standard InChI is InChI=1S/C2HF5.H4N2/c3-1(4)2(5,6)7;1-2/h1H;1-2H2. The molecule has 0 spiro atoms. The SMILES string of the molecule is FC(F)C(F)(F)F.NN. The van der Waals surface area contributed by atoms with Gasteiger partial charge in [-0.25, -0.2) is 8.78 Å². The number of hydrogen-bond donors (Lipinski definition) is 2. The summed E-state index contributed by atoms with van der Waals surface area (Å²) in [4.78, 5) is 0. The first-order valence-electron chi connectivity index (χ1n) is 1.63. The molecule has 0 saturated heterocycles. The largest absolute Gasteiger partial charge is 0.450 e. The molecule has 0 heterocycles. The number of hydrazine groups is 1. The summed E-state index contributed by atoms with van der Waals surface area (Å²) in [5, 5.41) is 0. The molecule has 7 heteroatoms. The van der Waals surface area contributed by atoms with E-state index < -0.39 is 12.6 Å². The Balaban J connectivity index is 0. The van der Waals surface area contributed by atoms with Crippen LogP contribution in [0.15, 0.2) is 0 Å².